The standard InChI is InChI=1S/C17H26N4/c1-3-14-9-5-4-7-11-20(14)17-15(13-18-2)21-12-8-6-10-16(21)19-17/h6,8,10,12,14,18H,3-5,7,9,11,13H2,1-2H3. The zero-order valence-electron chi connectivity index (χ0n) is 13.2. The van der Waals surface area contributed by atoms with E-state index in [0.717, 1.165) is 18.7 Å². The molecule has 114 valence electrons. The minimum Gasteiger partial charge on any atom is -0.352 e. The van der Waals surface area contributed by atoms with Crippen LogP contribution in [0.3, 0.4) is 0 Å². The zero-order chi connectivity index (χ0) is 14.7. The fraction of sp³-hybridized carbons (Fsp3) is 0.588. The van der Waals surface area contributed by atoms with E-state index in [4.69, 9.17) is 4.98 Å². The van der Waals surface area contributed by atoms with Crippen LogP contribution in [0.4, 0.5) is 5.82 Å². The first-order valence-electron chi connectivity index (χ1n) is 8.22. The Morgan fingerprint density at radius 1 is 1.29 bits per heavy atom. The number of fused-ring (bicyclic) bond motifs is 1. The molecule has 1 unspecified atom stereocenters. The van der Waals surface area contributed by atoms with Crippen LogP contribution in [-0.2, 0) is 6.54 Å². The number of hydrogen-bond donors (Lipinski definition) is 1. The van der Waals surface area contributed by atoms with Crippen LogP contribution >= 0.6 is 0 Å². The Morgan fingerprint density at radius 2 is 2.19 bits per heavy atom. The third kappa shape index (κ3) is 2.77. The highest BCUT2D eigenvalue weighted by Crippen LogP contribution is 2.29. The predicted octanol–water partition coefficient (Wildman–Crippen LogP) is 3.21. The summed E-state index contributed by atoms with van der Waals surface area (Å²) in [6.45, 7) is 4.29. The SMILES string of the molecule is CCC1CCCCCN1c1nc2ccccn2c1CNC. The Hall–Kier alpha value is -1.55. The van der Waals surface area contributed by atoms with E-state index in [1.807, 2.05) is 7.05 Å². The van der Waals surface area contributed by atoms with E-state index in [2.05, 4.69) is 45.9 Å². The summed E-state index contributed by atoms with van der Waals surface area (Å²) < 4.78 is 2.23. The Morgan fingerprint density at radius 3 is 3.00 bits per heavy atom. The summed E-state index contributed by atoms with van der Waals surface area (Å²) in [6, 6.07) is 6.88. The second-order valence-electron chi connectivity index (χ2n) is 5.95. The third-order valence-corrected chi connectivity index (χ3v) is 4.57. The molecule has 1 atom stereocenters. The van der Waals surface area contributed by atoms with E-state index in [-0.39, 0.29) is 0 Å². The van der Waals surface area contributed by atoms with Gasteiger partial charge < -0.3 is 14.6 Å². The Balaban J connectivity index is 2.06. The highest BCUT2D eigenvalue weighted by atomic mass is 15.3. The molecule has 3 heterocycles. The summed E-state index contributed by atoms with van der Waals surface area (Å²) in [5.74, 6) is 1.18. The Kier molecular flexibility index (Phi) is 4.44. The van der Waals surface area contributed by atoms with Crippen molar-refractivity contribution in [2.75, 3.05) is 18.5 Å². The maximum absolute atomic E-state index is 4.94. The molecule has 21 heavy (non-hydrogen) atoms. The van der Waals surface area contributed by atoms with Crippen LogP contribution < -0.4 is 10.2 Å². The summed E-state index contributed by atoms with van der Waals surface area (Å²) in [4.78, 5) is 7.51. The zero-order valence-corrected chi connectivity index (χ0v) is 13.2. The molecular weight excluding hydrogens is 260 g/mol. The summed E-state index contributed by atoms with van der Waals surface area (Å²) >= 11 is 0. The van der Waals surface area contributed by atoms with Crippen molar-refractivity contribution in [3.63, 3.8) is 0 Å². The summed E-state index contributed by atoms with van der Waals surface area (Å²) in [6.07, 6.45) is 8.60. The molecule has 0 radical (unpaired) electrons. The Bertz CT molecular complexity index is 589. The van der Waals surface area contributed by atoms with Crippen molar-refractivity contribution in [2.24, 2.45) is 0 Å². The highest BCUT2D eigenvalue weighted by Gasteiger charge is 2.25. The van der Waals surface area contributed by atoms with Gasteiger partial charge in [-0.15, -0.1) is 0 Å². The first kappa shape index (κ1) is 14.4. The number of hydrogen-bond acceptors (Lipinski definition) is 3. The maximum atomic E-state index is 4.94. The molecule has 4 heteroatoms. The molecule has 1 aliphatic rings. The Labute approximate surface area is 127 Å². The lowest BCUT2D eigenvalue weighted by molar-refractivity contribution is 0.550. The molecule has 3 rings (SSSR count). The van der Waals surface area contributed by atoms with Gasteiger partial charge in [0.2, 0.25) is 0 Å². The lowest BCUT2D eigenvalue weighted by atomic mass is 10.1. The van der Waals surface area contributed by atoms with Crippen molar-refractivity contribution < 1.29 is 0 Å². The fourth-order valence-electron chi connectivity index (χ4n) is 3.48. The fourth-order valence-corrected chi connectivity index (χ4v) is 3.48. The number of nitrogens with zero attached hydrogens (tertiary/aromatic N) is 3. The van der Waals surface area contributed by atoms with E-state index in [9.17, 15) is 0 Å². The average Bonchev–Trinajstić information content (AvgIpc) is 2.71. The molecule has 0 spiro atoms. The molecule has 2 aromatic heterocycles. The first-order valence-corrected chi connectivity index (χ1v) is 8.22. The van der Waals surface area contributed by atoms with Gasteiger partial charge in [0.05, 0.1) is 5.69 Å². The van der Waals surface area contributed by atoms with Crippen molar-refractivity contribution in [3.8, 4) is 0 Å². The topological polar surface area (TPSA) is 32.6 Å². The van der Waals surface area contributed by atoms with Crippen LogP contribution in [0.1, 0.15) is 44.7 Å². The molecule has 0 aromatic carbocycles. The molecule has 0 saturated carbocycles. The second-order valence-corrected chi connectivity index (χ2v) is 5.95. The molecular formula is C17H26N4. The van der Waals surface area contributed by atoms with Crippen molar-refractivity contribution >= 4 is 11.5 Å². The molecule has 1 aliphatic heterocycles. The lowest BCUT2D eigenvalue weighted by Gasteiger charge is -2.30. The summed E-state index contributed by atoms with van der Waals surface area (Å²) in [5, 5.41) is 3.30. The van der Waals surface area contributed by atoms with Crippen LogP contribution in [0.15, 0.2) is 24.4 Å². The molecule has 1 saturated heterocycles. The predicted molar refractivity (Wildman–Crippen MR) is 87.8 cm³/mol. The van der Waals surface area contributed by atoms with Crippen molar-refractivity contribution in [1.82, 2.24) is 14.7 Å². The number of imidazole rings is 1. The molecule has 2 aromatic rings. The molecule has 1 N–H and O–H groups in total. The quantitative estimate of drug-likeness (QED) is 0.936. The summed E-state index contributed by atoms with van der Waals surface area (Å²) in [5.41, 5.74) is 2.34. The van der Waals surface area contributed by atoms with E-state index in [1.165, 1.54) is 43.6 Å². The normalized spacial score (nSPS) is 19.9. The van der Waals surface area contributed by atoms with Gasteiger partial charge in [-0.2, -0.15) is 0 Å². The van der Waals surface area contributed by atoms with Gasteiger partial charge in [0.25, 0.3) is 0 Å². The van der Waals surface area contributed by atoms with Gasteiger partial charge in [-0.25, -0.2) is 4.98 Å². The maximum Gasteiger partial charge on any atom is 0.152 e. The van der Waals surface area contributed by atoms with E-state index >= 15 is 0 Å². The van der Waals surface area contributed by atoms with Crippen LogP contribution in [0.5, 0.6) is 0 Å². The number of aromatic nitrogens is 2. The van der Waals surface area contributed by atoms with Gasteiger partial charge in [-0.3, -0.25) is 0 Å². The molecule has 0 aliphatic carbocycles. The average molecular weight is 286 g/mol. The lowest BCUT2D eigenvalue weighted by Crippen LogP contribution is -2.35. The largest absolute Gasteiger partial charge is 0.352 e. The number of nitrogens with one attached hydrogen (secondary N) is 1. The number of pyridine rings is 1. The van der Waals surface area contributed by atoms with Crippen molar-refractivity contribution in [3.05, 3.63) is 30.1 Å². The molecule has 4 nitrogen and oxygen atoms in total. The second kappa shape index (κ2) is 6.48. The minimum atomic E-state index is 0.632. The third-order valence-electron chi connectivity index (χ3n) is 4.57. The number of rotatable bonds is 4. The minimum absolute atomic E-state index is 0.632. The monoisotopic (exact) mass is 286 g/mol. The van der Waals surface area contributed by atoms with Gasteiger partial charge in [0.1, 0.15) is 5.65 Å². The van der Waals surface area contributed by atoms with Crippen LogP contribution in [-0.4, -0.2) is 29.0 Å². The van der Waals surface area contributed by atoms with Gasteiger partial charge in [0.15, 0.2) is 5.82 Å². The van der Waals surface area contributed by atoms with Gasteiger partial charge in [-0.05, 0) is 38.4 Å². The van der Waals surface area contributed by atoms with Crippen LogP contribution in [0.2, 0.25) is 0 Å². The van der Waals surface area contributed by atoms with Gasteiger partial charge >= 0.3 is 0 Å². The molecule has 0 amide bonds. The van der Waals surface area contributed by atoms with Gasteiger partial charge in [-0.1, -0.05) is 25.8 Å². The number of anilines is 1. The van der Waals surface area contributed by atoms with E-state index < -0.39 is 0 Å². The van der Waals surface area contributed by atoms with Gasteiger partial charge in [0, 0.05) is 25.3 Å². The van der Waals surface area contributed by atoms with Crippen molar-refractivity contribution in [2.45, 2.75) is 51.6 Å². The van der Waals surface area contributed by atoms with Crippen LogP contribution in [0, 0.1) is 0 Å². The first-order chi connectivity index (χ1) is 10.3. The summed E-state index contributed by atoms with van der Waals surface area (Å²) in [7, 11) is 2.01. The smallest absolute Gasteiger partial charge is 0.152 e. The molecule has 0 bridgehead atoms. The van der Waals surface area contributed by atoms with E-state index in [1.54, 1.807) is 0 Å². The van der Waals surface area contributed by atoms with Crippen molar-refractivity contribution in [1.29, 1.82) is 0 Å². The molecule has 1 fully saturated rings. The van der Waals surface area contributed by atoms with Crippen LogP contribution in [0.25, 0.3) is 5.65 Å². The highest BCUT2D eigenvalue weighted by molar-refractivity contribution is 5.56. The van der Waals surface area contributed by atoms with E-state index in [0.29, 0.717) is 6.04 Å².